The molecule has 3 rings (SSSR count). The molecular weight excluding hydrogens is 341 g/mol. The predicted octanol–water partition coefficient (Wildman–Crippen LogP) is 3.68. The highest BCUT2D eigenvalue weighted by Gasteiger charge is 2.14. The third-order valence-corrected chi connectivity index (χ3v) is 3.45. The van der Waals surface area contributed by atoms with Gasteiger partial charge in [-0.2, -0.15) is 0 Å². The molecule has 3 aromatic rings. The first-order valence-corrected chi connectivity index (χ1v) is 6.76. The molecule has 0 saturated carbocycles. The van der Waals surface area contributed by atoms with E-state index in [2.05, 4.69) is 26.2 Å². The minimum Gasteiger partial charge on any atom is -0.478 e. The summed E-state index contributed by atoms with van der Waals surface area (Å²) in [5.74, 6) is -1.59. The van der Waals surface area contributed by atoms with E-state index in [9.17, 15) is 14.3 Å². The summed E-state index contributed by atoms with van der Waals surface area (Å²) in [6, 6.07) is 6.06. The van der Waals surface area contributed by atoms with Gasteiger partial charge in [0.1, 0.15) is 11.5 Å². The summed E-state index contributed by atoms with van der Waals surface area (Å²) >= 11 is 3.17. The largest absolute Gasteiger partial charge is 0.478 e. The van der Waals surface area contributed by atoms with E-state index in [0.29, 0.717) is 10.1 Å². The Kier molecular flexibility index (Phi) is 3.34. The van der Waals surface area contributed by atoms with Crippen LogP contribution in [0.2, 0.25) is 0 Å². The molecule has 0 saturated heterocycles. The maximum absolute atomic E-state index is 13.9. The van der Waals surface area contributed by atoms with Crippen molar-refractivity contribution in [1.29, 1.82) is 0 Å². The third kappa shape index (κ3) is 2.59. The average Bonchev–Trinajstić information content (AvgIpc) is 2.88. The smallest absolute Gasteiger partial charge is 0.339 e. The zero-order valence-corrected chi connectivity index (χ0v) is 12.1. The Balaban J connectivity index is 2.09. The second-order valence-corrected chi connectivity index (χ2v) is 5.26. The zero-order chi connectivity index (χ0) is 15.0. The highest BCUT2D eigenvalue weighted by Crippen LogP contribution is 2.26. The van der Waals surface area contributed by atoms with Gasteiger partial charge >= 0.3 is 5.97 Å². The lowest BCUT2D eigenvalue weighted by molar-refractivity contribution is 0.0697. The number of carboxylic acids is 1. The Morgan fingerprint density at radius 2 is 2.14 bits per heavy atom. The lowest BCUT2D eigenvalue weighted by Gasteiger charge is -2.11. The zero-order valence-electron chi connectivity index (χ0n) is 10.5. The second-order valence-electron chi connectivity index (χ2n) is 4.35. The average molecular weight is 350 g/mol. The molecular formula is C14H9BrFN3O2. The minimum atomic E-state index is -1.11. The predicted molar refractivity (Wildman–Crippen MR) is 79.5 cm³/mol. The van der Waals surface area contributed by atoms with Crippen LogP contribution in [0.25, 0.3) is 5.65 Å². The number of nitrogens with one attached hydrogen (secondary N) is 1. The van der Waals surface area contributed by atoms with Crippen LogP contribution < -0.4 is 5.32 Å². The molecule has 0 unspecified atom stereocenters. The van der Waals surface area contributed by atoms with Gasteiger partial charge in [0.15, 0.2) is 0 Å². The molecule has 0 atom stereocenters. The van der Waals surface area contributed by atoms with Gasteiger partial charge in [-0.05, 0) is 18.2 Å². The summed E-state index contributed by atoms with van der Waals surface area (Å²) in [5.41, 5.74) is 1.07. The number of hydrogen-bond acceptors (Lipinski definition) is 3. The fourth-order valence-electron chi connectivity index (χ4n) is 1.97. The quantitative estimate of drug-likeness (QED) is 0.756. The Labute approximate surface area is 127 Å². The van der Waals surface area contributed by atoms with Crippen LogP contribution in [-0.2, 0) is 0 Å². The normalized spacial score (nSPS) is 10.8. The van der Waals surface area contributed by atoms with Crippen LogP contribution in [0.4, 0.5) is 15.8 Å². The van der Waals surface area contributed by atoms with Crippen molar-refractivity contribution in [3.63, 3.8) is 0 Å². The van der Waals surface area contributed by atoms with Crippen molar-refractivity contribution in [2.75, 3.05) is 5.32 Å². The van der Waals surface area contributed by atoms with E-state index >= 15 is 0 Å². The van der Waals surface area contributed by atoms with Gasteiger partial charge in [0.05, 0.1) is 16.9 Å². The highest BCUT2D eigenvalue weighted by molar-refractivity contribution is 9.10. The SMILES string of the molecule is O=C(O)c1cn2ccnc2cc1Nc1ccc(Br)cc1F. The lowest BCUT2D eigenvalue weighted by Crippen LogP contribution is -2.05. The number of fused-ring (bicyclic) bond motifs is 1. The molecule has 2 N–H and O–H groups in total. The summed E-state index contributed by atoms with van der Waals surface area (Å²) in [4.78, 5) is 15.4. The Bertz CT molecular complexity index is 847. The van der Waals surface area contributed by atoms with Crippen molar-refractivity contribution in [1.82, 2.24) is 9.38 Å². The van der Waals surface area contributed by atoms with Gasteiger partial charge in [0.25, 0.3) is 0 Å². The first kappa shape index (κ1) is 13.6. The van der Waals surface area contributed by atoms with Crippen LogP contribution in [0, 0.1) is 5.82 Å². The van der Waals surface area contributed by atoms with Crippen LogP contribution in [0.5, 0.6) is 0 Å². The number of carboxylic acid groups (broad SMARTS) is 1. The maximum atomic E-state index is 13.9. The van der Waals surface area contributed by atoms with Gasteiger partial charge in [-0.1, -0.05) is 15.9 Å². The van der Waals surface area contributed by atoms with Gasteiger partial charge in [-0.25, -0.2) is 14.2 Å². The molecule has 2 aromatic heterocycles. The first-order valence-electron chi connectivity index (χ1n) is 5.96. The number of nitrogens with zero attached hydrogens (tertiary/aromatic N) is 2. The molecule has 0 bridgehead atoms. The number of aromatic nitrogens is 2. The first-order chi connectivity index (χ1) is 10.0. The number of pyridine rings is 1. The Morgan fingerprint density at radius 1 is 1.33 bits per heavy atom. The minimum absolute atomic E-state index is 0.0304. The number of anilines is 2. The van der Waals surface area contributed by atoms with E-state index < -0.39 is 11.8 Å². The molecule has 2 heterocycles. The third-order valence-electron chi connectivity index (χ3n) is 2.96. The lowest BCUT2D eigenvalue weighted by atomic mass is 10.2. The standard InChI is InChI=1S/C14H9BrFN3O2/c15-8-1-2-11(10(16)5-8)18-12-6-13-17-3-4-19(13)7-9(12)14(20)21/h1-7,18H,(H,20,21). The fraction of sp³-hybridized carbons (Fsp3) is 0. The summed E-state index contributed by atoms with van der Waals surface area (Å²) in [6.07, 6.45) is 4.64. The number of carbonyl (C=O) groups is 1. The van der Waals surface area contributed by atoms with E-state index in [1.807, 2.05) is 0 Å². The van der Waals surface area contributed by atoms with E-state index in [1.54, 1.807) is 28.9 Å². The van der Waals surface area contributed by atoms with Gasteiger partial charge < -0.3 is 14.8 Å². The maximum Gasteiger partial charge on any atom is 0.339 e. The number of hydrogen-bond donors (Lipinski definition) is 2. The number of rotatable bonds is 3. The van der Waals surface area contributed by atoms with Crippen molar-refractivity contribution in [3.8, 4) is 0 Å². The van der Waals surface area contributed by atoms with Gasteiger partial charge in [0.2, 0.25) is 0 Å². The molecule has 0 aliphatic rings. The summed E-state index contributed by atoms with van der Waals surface area (Å²) in [7, 11) is 0. The molecule has 0 radical (unpaired) electrons. The molecule has 0 fully saturated rings. The molecule has 1 aromatic carbocycles. The number of halogens is 2. The highest BCUT2D eigenvalue weighted by atomic mass is 79.9. The summed E-state index contributed by atoms with van der Waals surface area (Å²) < 4.78 is 16.1. The second kappa shape index (κ2) is 5.17. The number of benzene rings is 1. The van der Waals surface area contributed by atoms with Crippen LogP contribution in [0.1, 0.15) is 10.4 Å². The molecule has 0 amide bonds. The van der Waals surface area contributed by atoms with Crippen LogP contribution in [-0.4, -0.2) is 20.5 Å². The molecule has 7 heteroatoms. The molecule has 21 heavy (non-hydrogen) atoms. The van der Waals surface area contributed by atoms with E-state index in [0.717, 1.165) is 0 Å². The number of imidazole rings is 1. The van der Waals surface area contributed by atoms with Crippen molar-refractivity contribution >= 4 is 38.9 Å². The molecule has 0 aliphatic carbocycles. The van der Waals surface area contributed by atoms with Crippen LogP contribution >= 0.6 is 15.9 Å². The van der Waals surface area contributed by atoms with Crippen molar-refractivity contribution in [3.05, 3.63) is 58.7 Å². The molecule has 0 aliphatic heterocycles. The number of aromatic carboxylic acids is 1. The van der Waals surface area contributed by atoms with Crippen molar-refractivity contribution in [2.45, 2.75) is 0 Å². The van der Waals surface area contributed by atoms with E-state index in [4.69, 9.17) is 0 Å². The van der Waals surface area contributed by atoms with E-state index in [1.165, 1.54) is 18.3 Å². The molecule has 106 valence electrons. The van der Waals surface area contributed by atoms with E-state index in [-0.39, 0.29) is 16.9 Å². The summed E-state index contributed by atoms with van der Waals surface area (Å²) in [6.45, 7) is 0. The topological polar surface area (TPSA) is 66.6 Å². The van der Waals surface area contributed by atoms with Crippen LogP contribution in [0.15, 0.2) is 47.3 Å². The van der Waals surface area contributed by atoms with Crippen LogP contribution in [0.3, 0.4) is 0 Å². The Hall–Kier alpha value is -2.41. The van der Waals surface area contributed by atoms with Crippen molar-refractivity contribution in [2.24, 2.45) is 0 Å². The monoisotopic (exact) mass is 349 g/mol. The fourth-order valence-corrected chi connectivity index (χ4v) is 2.30. The Morgan fingerprint density at radius 3 is 2.86 bits per heavy atom. The van der Waals surface area contributed by atoms with Crippen molar-refractivity contribution < 1.29 is 14.3 Å². The molecule has 5 nitrogen and oxygen atoms in total. The van der Waals surface area contributed by atoms with Gasteiger partial charge in [-0.3, -0.25) is 0 Å². The van der Waals surface area contributed by atoms with Gasteiger partial charge in [-0.15, -0.1) is 0 Å². The molecule has 0 spiro atoms. The summed E-state index contributed by atoms with van der Waals surface area (Å²) in [5, 5.41) is 12.1. The van der Waals surface area contributed by atoms with Gasteiger partial charge in [0, 0.05) is 29.1 Å².